The maximum Gasteiger partial charge on any atom is 0.249 e. The zero-order valence-electron chi connectivity index (χ0n) is 27.7. The second-order valence-corrected chi connectivity index (χ2v) is 11.8. The second kappa shape index (κ2) is 31.7. The Bertz CT molecular complexity index is 733. The molecule has 0 spiro atoms. The Labute approximate surface area is 264 Å². The first-order chi connectivity index (χ1) is 21.0. The van der Waals surface area contributed by atoms with E-state index >= 15 is 0 Å². The van der Waals surface area contributed by atoms with Crippen LogP contribution in [0.1, 0.15) is 149 Å². The summed E-state index contributed by atoms with van der Waals surface area (Å²) in [6.07, 6.45) is 35.7. The van der Waals surface area contributed by atoms with Crippen LogP contribution < -0.4 is 5.32 Å². The molecular formula is C37H67NO5. The summed E-state index contributed by atoms with van der Waals surface area (Å²) in [7, 11) is 0. The van der Waals surface area contributed by atoms with Crippen LogP contribution in [0.4, 0.5) is 0 Å². The highest BCUT2D eigenvalue weighted by Gasteiger charge is 2.28. The van der Waals surface area contributed by atoms with Crippen LogP contribution in [0.5, 0.6) is 0 Å². The van der Waals surface area contributed by atoms with Gasteiger partial charge >= 0.3 is 0 Å². The first-order valence-corrected chi connectivity index (χ1v) is 17.5. The van der Waals surface area contributed by atoms with Crippen LogP contribution >= 0.6 is 0 Å². The normalized spacial score (nSPS) is 15.2. The van der Waals surface area contributed by atoms with E-state index in [2.05, 4.69) is 67.8 Å². The van der Waals surface area contributed by atoms with Gasteiger partial charge in [0.25, 0.3) is 0 Å². The minimum atomic E-state index is -1.30. The molecule has 250 valence electrons. The predicted octanol–water partition coefficient (Wildman–Crippen LogP) is 8.00. The smallest absolute Gasteiger partial charge is 0.249 e. The third kappa shape index (κ3) is 26.4. The lowest BCUT2D eigenvalue weighted by atomic mass is 10.00. The van der Waals surface area contributed by atoms with Crippen molar-refractivity contribution in [3.05, 3.63) is 48.6 Å². The highest BCUT2D eigenvalue weighted by molar-refractivity contribution is 5.80. The lowest BCUT2D eigenvalue weighted by molar-refractivity contribution is -0.132. The van der Waals surface area contributed by atoms with Crippen LogP contribution in [0.25, 0.3) is 0 Å². The van der Waals surface area contributed by atoms with Gasteiger partial charge in [0.05, 0.1) is 18.8 Å². The summed E-state index contributed by atoms with van der Waals surface area (Å²) in [5.74, 6) is -0.619. The van der Waals surface area contributed by atoms with Crippen molar-refractivity contribution in [1.29, 1.82) is 0 Å². The molecule has 0 aliphatic carbocycles. The van der Waals surface area contributed by atoms with E-state index in [-0.39, 0.29) is 0 Å². The molecule has 4 atom stereocenters. The number of nitrogens with one attached hydrogen (secondary N) is 1. The van der Waals surface area contributed by atoms with Gasteiger partial charge in [-0.25, -0.2) is 0 Å². The number of carbonyl (C=O) groups is 1. The van der Waals surface area contributed by atoms with Crippen molar-refractivity contribution in [1.82, 2.24) is 5.32 Å². The van der Waals surface area contributed by atoms with Crippen molar-refractivity contribution in [2.45, 2.75) is 173 Å². The molecule has 6 nitrogen and oxygen atoms in total. The van der Waals surface area contributed by atoms with E-state index in [0.717, 1.165) is 64.2 Å². The topological polar surface area (TPSA) is 110 Å². The van der Waals surface area contributed by atoms with Crippen LogP contribution in [0.2, 0.25) is 0 Å². The average Bonchev–Trinajstić information content (AvgIpc) is 3.01. The first kappa shape index (κ1) is 41.3. The highest BCUT2D eigenvalue weighted by Crippen LogP contribution is 2.12. The summed E-state index contributed by atoms with van der Waals surface area (Å²) in [6, 6.07) is -1.02. The molecule has 0 rings (SSSR count). The summed E-state index contributed by atoms with van der Waals surface area (Å²) in [6.45, 7) is 3.92. The summed E-state index contributed by atoms with van der Waals surface area (Å²) in [5, 5.41) is 43.2. The van der Waals surface area contributed by atoms with Crippen molar-refractivity contribution in [2.24, 2.45) is 0 Å². The molecule has 0 saturated heterocycles. The number of unbranched alkanes of at least 4 members (excludes halogenated alkanes) is 13. The van der Waals surface area contributed by atoms with Crippen molar-refractivity contribution in [3.8, 4) is 0 Å². The molecule has 0 aromatic rings. The molecule has 6 heteroatoms. The van der Waals surface area contributed by atoms with Crippen LogP contribution in [-0.4, -0.2) is 57.3 Å². The van der Waals surface area contributed by atoms with E-state index in [1.165, 1.54) is 51.4 Å². The van der Waals surface area contributed by atoms with Gasteiger partial charge in [-0.05, 0) is 83.5 Å². The Morgan fingerprint density at radius 1 is 0.558 bits per heavy atom. The Hall–Kier alpha value is -1.73. The number of hydrogen-bond donors (Lipinski definition) is 5. The number of allylic oxidation sites excluding steroid dienone is 8. The van der Waals surface area contributed by atoms with Crippen molar-refractivity contribution < 1.29 is 25.2 Å². The van der Waals surface area contributed by atoms with E-state index in [4.69, 9.17) is 0 Å². The Morgan fingerprint density at radius 3 is 1.51 bits per heavy atom. The van der Waals surface area contributed by atoms with Gasteiger partial charge in [0.15, 0.2) is 0 Å². The molecule has 0 radical (unpaired) electrons. The summed E-state index contributed by atoms with van der Waals surface area (Å²) < 4.78 is 0. The zero-order valence-corrected chi connectivity index (χ0v) is 27.7. The lowest BCUT2D eigenvalue weighted by Gasteiger charge is -2.27. The SMILES string of the molecule is CCCC/C=C\CCCCCC(O)C(=O)NC(CO)C(O)C(O)CCC/C=C/CC/C=C/CC/C=C/CCCCCCC. The number of hydrogen-bond acceptors (Lipinski definition) is 5. The van der Waals surface area contributed by atoms with E-state index in [1.807, 2.05) is 0 Å². The summed E-state index contributed by atoms with van der Waals surface area (Å²) >= 11 is 0. The molecule has 43 heavy (non-hydrogen) atoms. The van der Waals surface area contributed by atoms with Gasteiger partial charge < -0.3 is 25.7 Å². The monoisotopic (exact) mass is 606 g/mol. The van der Waals surface area contributed by atoms with Gasteiger partial charge in [-0.2, -0.15) is 0 Å². The molecule has 0 fully saturated rings. The molecule has 0 aliphatic heterocycles. The third-order valence-corrected chi connectivity index (χ3v) is 7.72. The molecule has 5 N–H and O–H groups in total. The van der Waals surface area contributed by atoms with Gasteiger partial charge in [0, 0.05) is 0 Å². The van der Waals surface area contributed by atoms with Gasteiger partial charge in [0.1, 0.15) is 12.2 Å². The quantitative estimate of drug-likeness (QED) is 0.0421. The van der Waals surface area contributed by atoms with Crippen molar-refractivity contribution in [3.63, 3.8) is 0 Å². The third-order valence-electron chi connectivity index (χ3n) is 7.72. The molecular weight excluding hydrogens is 538 g/mol. The van der Waals surface area contributed by atoms with Crippen LogP contribution in [-0.2, 0) is 4.79 Å². The number of rotatable bonds is 30. The van der Waals surface area contributed by atoms with Crippen LogP contribution in [0.3, 0.4) is 0 Å². The predicted molar refractivity (Wildman–Crippen MR) is 182 cm³/mol. The molecule has 0 aromatic heterocycles. The molecule has 0 aromatic carbocycles. The Morgan fingerprint density at radius 2 is 1.00 bits per heavy atom. The van der Waals surface area contributed by atoms with Gasteiger partial charge in [-0.1, -0.05) is 114 Å². The standard InChI is InChI=1S/C37H67NO5/c1-3-5-7-9-11-13-14-15-16-17-18-19-20-21-23-24-26-28-30-34(40)36(42)33(32-39)38-37(43)35(41)31-29-27-25-22-12-10-8-6-4-2/h10,12,14-15,18-19,23-24,33-36,39-42H,3-9,11,13,16-17,20-22,25-32H2,1-2H3,(H,38,43)/b12-10-,15-14+,19-18+,24-23+. The number of carbonyl (C=O) groups excluding carboxylic acids is 1. The fourth-order valence-corrected chi connectivity index (χ4v) is 4.82. The largest absolute Gasteiger partial charge is 0.394 e. The minimum Gasteiger partial charge on any atom is -0.394 e. The summed E-state index contributed by atoms with van der Waals surface area (Å²) in [4.78, 5) is 12.3. The lowest BCUT2D eigenvalue weighted by Crippen LogP contribution is -2.53. The molecule has 4 unspecified atom stereocenters. The maximum atomic E-state index is 12.3. The van der Waals surface area contributed by atoms with Gasteiger partial charge in [0.2, 0.25) is 5.91 Å². The zero-order chi connectivity index (χ0) is 31.8. The number of aliphatic hydroxyl groups is 4. The molecule has 1 amide bonds. The minimum absolute atomic E-state index is 0.334. The van der Waals surface area contributed by atoms with E-state index in [0.29, 0.717) is 19.3 Å². The first-order valence-electron chi connectivity index (χ1n) is 17.5. The Kier molecular flexibility index (Phi) is 30.4. The van der Waals surface area contributed by atoms with Crippen molar-refractivity contribution in [2.75, 3.05) is 6.61 Å². The van der Waals surface area contributed by atoms with Crippen molar-refractivity contribution >= 4 is 5.91 Å². The Balaban J connectivity index is 3.96. The molecule has 0 saturated carbocycles. The number of amides is 1. The average molecular weight is 606 g/mol. The van der Waals surface area contributed by atoms with Gasteiger partial charge in [-0.15, -0.1) is 0 Å². The fraction of sp³-hybridized carbons (Fsp3) is 0.757. The summed E-state index contributed by atoms with van der Waals surface area (Å²) in [5.41, 5.74) is 0. The van der Waals surface area contributed by atoms with Crippen LogP contribution in [0, 0.1) is 0 Å². The highest BCUT2D eigenvalue weighted by atomic mass is 16.3. The van der Waals surface area contributed by atoms with E-state index in [9.17, 15) is 25.2 Å². The van der Waals surface area contributed by atoms with Gasteiger partial charge in [-0.3, -0.25) is 4.79 Å². The fourth-order valence-electron chi connectivity index (χ4n) is 4.82. The van der Waals surface area contributed by atoms with Crippen LogP contribution in [0.15, 0.2) is 48.6 Å². The molecule has 0 bridgehead atoms. The molecule has 0 aliphatic rings. The second-order valence-electron chi connectivity index (χ2n) is 11.8. The van der Waals surface area contributed by atoms with E-state index < -0.39 is 36.9 Å². The molecule has 0 heterocycles. The number of aliphatic hydroxyl groups excluding tert-OH is 4. The maximum absolute atomic E-state index is 12.3. The van der Waals surface area contributed by atoms with E-state index in [1.54, 1.807) is 0 Å².